The Morgan fingerprint density at radius 3 is 2.40 bits per heavy atom. The van der Waals surface area contributed by atoms with Crippen molar-refractivity contribution in [3.05, 3.63) is 18.0 Å². The van der Waals surface area contributed by atoms with E-state index in [1.165, 1.54) is 12.4 Å². The van der Waals surface area contributed by atoms with Gasteiger partial charge in [-0.25, -0.2) is 14.8 Å². The van der Waals surface area contributed by atoms with Gasteiger partial charge in [0.1, 0.15) is 0 Å². The van der Waals surface area contributed by atoms with Gasteiger partial charge in [-0.2, -0.15) is 0 Å². The van der Waals surface area contributed by atoms with Gasteiger partial charge in [-0.15, -0.1) is 0 Å². The molecule has 30 heavy (non-hydrogen) atoms. The van der Waals surface area contributed by atoms with Gasteiger partial charge < -0.3 is 25.7 Å². The molecule has 7 atom stereocenters. The van der Waals surface area contributed by atoms with Crippen molar-refractivity contribution in [2.45, 2.75) is 56.2 Å². The lowest BCUT2D eigenvalue weighted by Crippen LogP contribution is -2.61. The van der Waals surface area contributed by atoms with E-state index in [9.17, 15) is 19.8 Å². The Morgan fingerprint density at radius 1 is 1.17 bits per heavy atom. The van der Waals surface area contributed by atoms with Crippen LogP contribution in [0.3, 0.4) is 0 Å². The van der Waals surface area contributed by atoms with Gasteiger partial charge >= 0.3 is 6.09 Å². The summed E-state index contributed by atoms with van der Waals surface area (Å²) in [5, 5.41) is 26.7. The number of nitrogens with one attached hydrogen (secondary N) is 2. The normalized spacial score (nSPS) is 39.2. The lowest BCUT2D eigenvalue weighted by atomic mass is 9.48. The molecule has 162 valence electrons. The molecule has 5 fully saturated rings. The van der Waals surface area contributed by atoms with Gasteiger partial charge in [-0.05, 0) is 62.2 Å². The third kappa shape index (κ3) is 3.19. The first-order chi connectivity index (χ1) is 14.4. The van der Waals surface area contributed by atoms with Gasteiger partial charge in [0.15, 0.2) is 0 Å². The number of hydrogen-bond acceptors (Lipinski definition) is 6. The van der Waals surface area contributed by atoms with Crippen LogP contribution in [0, 0.1) is 23.7 Å². The minimum Gasteiger partial charge on any atom is -0.465 e. The number of nitrogens with zero attached hydrogens (tertiary/aromatic N) is 3. The van der Waals surface area contributed by atoms with Crippen LogP contribution in [0.2, 0.25) is 0 Å². The van der Waals surface area contributed by atoms with E-state index in [0.29, 0.717) is 42.2 Å². The lowest BCUT2D eigenvalue weighted by molar-refractivity contribution is -0.162. The first-order valence-electron chi connectivity index (χ1n) is 10.9. The summed E-state index contributed by atoms with van der Waals surface area (Å²) in [6.45, 7) is 0.484. The van der Waals surface area contributed by atoms with Gasteiger partial charge in [-0.1, -0.05) is 0 Å². The summed E-state index contributed by atoms with van der Waals surface area (Å²) in [5.74, 6) is 1.73. The third-order valence-electron chi connectivity index (χ3n) is 7.86. The Bertz CT molecular complexity index is 830. The molecule has 4 aliphatic carbocycles. The minimum atomic E-state index is -0.882. The molecule has 4 saturated carbocycles. The van der Waals surface area contributed by atoms with E-state index < -0.39 is 11.7 Å². The summed E-state index contributed by atoms with van der Waals surface area (Å²) < 4.78 is 0. The van der Waals surface area contributed by atoms with Gasteiger partial charge in [0, 0.05) is 26.0 Å². The molecule has 6 rings (SSSR count). The molecule has 5 aliphatic rings. The quantitative estimate of drug-likeness (QED) is 0.587. The van der Waals surface area contributed by atoms with Crippen LogP contribution >= 0.6 is 0 Å². The van der Waals surface area contributed by atoms with Crippen LogP contribution in [0.5, 0.6) is 0 Å². The van der Waals surface area contributed by atoms with E-state index in [2.05, 4.69) is 20.6 Å². The van der Waals surface area contributed by atoms with E-state index in [0.717, 1.165) is 32.1 Å². The molecule has 9 heteroatoms. The molecular weight excluding hydrogens is 386 g/mol. The van der Waals surface area contributed by atoms with E-state index in [1.54, 1.807) is 11.9 Å². The van der Waals surface area contributed by atoms with Crippen LogP contribution in [-0.2, 0) is 0 Å². The molecule has 1 saturated heterocycles. The Hall–Kier alpha value is -2.42. The molecule has 9 nitrogen and oxygen atoms in total. The molecule has 0 aromatic carbocycles. The molecule has 0 spiro atoms. The second-order valence-corrected chi connectivity index (χ2v) is 9.65. The van der Waals surface area contributed by atoms with Gasteiger partial charge in [0.25, 0.3) is 5.91 Å². The predicted octanol–water partition coefficient (Wildman–Crippen LogP) is 1.56. The Kier molecular flexibility index (Phi) is 4.61. The Morgan fingerprint density at radius 2 is 1.83 bits per heavy atom. The average molecular weight is 415 g/mol. The highest BCUT2D eigenvalue weighted by Crippen LogP contribution is 2.60. The van der Waals surface area contributed by atoms with Crippen molar-refractivity contribution in [3.8, 4) is 0 Å². The molecule has 1 aromatic heterocycles. The number of rotatable bonds is 4. The van der Waals surface area contributed by atoms with Crippen LogP contribution in [-0.4, -0.2) is 68.4 Å². The lowest BCUT2D eigenvalue weighted by Gasteiger charge is -2.60. The Labute approximate surface area is 175 Å². The second-order valence-electron chi connectivity index (χ2n) is 9.65. The molecule has 4 N–H and O–H groups in total. The average Bonchev–Trinajstić information content (AvgIpc) is 3.10. The van der Waals surface area contributed by atoms with E-state index in [-0.39, 0.29) is 23.9 Å². The topological polar surface area (TPSA) is 128 Å². The minimum absolute atomic E-state index is 0.0795. The van der Waals surface area contributed by atoms with Crippen molar-refractivity contribution in [3.63, 3.8) is 0 Å². The molecule has 2 heterocycles. The van der Waals surface area contributed by atoms with Crippen molar-refractivity contribution < 1.29 is 19.8 Å². The molecular formula is C21H29N5O4. The summed E-state index contributed by atoms with van der Waals surface area (Å²) in [6, 6.07) is -0.229. The van der Waals surface area contributed by atoms with Crippen molar-refractivity contribution in [2.75, 3.05) is 18.9 Å². The highest BCUT2D eigenvalue weighted by atomic mass is 16.4. The zero-order valence-electron chi connectivity index (χ0n) is 17.1. The molecule has 4 bridgehead atoms. The van der Waals surface area contributed by atoms with Crippen LogP contribution in [0.15, 0.2) is 12.4 Å². The standard InChI is InChI=1S/C21H29N5O4/c1-22-18(27)14-9-23-19(24-10-14)25-15-2-3-26(20(28)29)17(15)16-12-4-11-5-13(16)8-21(30,6-11)7-12/h9-13,15-17,30H,2-8H2,1H3,(H,22,27)(H,28,29)(H,23,24,25)/t11?,12-,13?,15?,16?,17-,21?/m0/s1. The smallest absolute Gasteiger partial charge is 0.407 e. The van der Waals surface area contributed by atoms with Crippen LogP contribution in [0.1, 0.15) is 48.9 Å². The molecule has 2 amide bonds. The summed E-state index contributed by atoms with van der Waals surface area (Å²) in [6.07, 6.45) is 7.45. The molecule has 5 unspecified atom stereocenters. The number of hydrogen-bond donors (Lipinski definition) is 4. The maximum absolute atomic E-state index is 12.0. The summed E-state index contributed by atoms with van der Waals surface area (Å²) in [7, 11) is 1.56. The number of aliphatic hydroxyl groups is 1. The second kappa shape index (κ2) is 7.08. The van der Waals surface area contributed by atoms with Crippen molar-refractivity contribution >= 4 is 17.9 Å². The predicted molar refractivity (Wildman–Crippen MR) is 108 cm³/mol. The summed E-state index contributed by atoms with van der Waals surface area (Å²) >= 11 is 0. The summed E-state index contributed by atoms with van der Waals surface area (Å²) in [5.41, 5.74) is -0.158. The number of aromatic nitrogens is 2. The number of carbonyl (C=O) groups excluding carboxylic acids is 1. The third-order valence-corrected chi connectivity index (χ3v) is 7.86. The fourth-order valence-corrected chi connectivity index (χ4v) is 7.08. The maximum atomic E-state index is 12.0. The SMILES string of the molecule is CNC(=O)c1cnc(NC2CCN(C(=O)O)[C@@H]2C2C3CC4C[C@H]2CC(O)(C4)C3)nc1. The highest BCUT2D eigenvalue weighted by molar-refractivity contribution is 5.93. The highest BCUT2D eigenvalue weighted by Gasteiger charge is 2.59. The zero-order valence-corrected chi connectivity index (χ0v) is 17.1. The van der Waals surface area contributed by atoms with Gasteiger partial charge in [0.05, 0.1) is 23.2 Å². The van der Waals surface area contributed by atoms with Crippen molar-refractivity contribution in [1.82, 2.24) is 20.2 Å². The molecule has 1 aromatic rings. The fourth-order valence-electron chi connectivity index (χ4n) is 7.08. The number of carbonyl (C=O) groups is 2. The van der Waals surface area contributed by atoms with E-state index in [1.807, 2.05) is 0 Å². The van der Waals surface area contributed by atoms with Gasteiger partial charge in [-0.3, -0.25) is 4.79 Å². The molecule has 0 radical (unpaired) electrons. The maximum Gasteiger partial charge on any atom is 0.407 e. The van der Waals surface area contributed by atoms with E-state index >= 15 is 0 Å². The number of likely N-dealkylation sites (tertiary alicyclic amines) is 1. The van der Waals surface area contributed by atoms with Crippen molar-refractivity contribution in [1.29, 1.82) is 0 Å². The van der Waals surface area contributed by atoms with Crippen LogP contribution < -0.4 is 10.6 Å². The first-order valence-corrected chi connectivity index (χ1v) is 10.9. The molecule has 1 aliphatic heterocycles. The van der Waals surface area contributed by atoms with E-state index in [4.69, 9.17) is 0 Å². The summed E-state index contributed by atoms with van der Waals surface area (Å²) in [4.78, 5) is 33.9. The largest absolute Gasteiger partial charge is 0.465 e. The monoisotopic (exact) mass is 415 g/mol. The van der Waals surface area contributed by atoms with Crippen LogP contribution in [0.4, 0.5) is 10.7 Å². The van der Waals surface area contributed by atoms with Gasteiger partial charge in [0.2, 0.25) is 5.95 Å². The Balaban J connectivity index is 1.39. The first kappa shape index (κ1) is 19.5. The zero-order chi connectivity index (χ0) is 21.0. The van der Waals surface area contributed by atoms with Crippen LogP contribution in [0.25, 0.3) is 0 Å². The fraction of sp³-hybridized carbons (Fsp3) is 0.714. The van der Waals surface area contributed by atoms with Crippen molar-refractivity contribution in [2.24, 2.45) is 23.7 Å². The number of anilines is 1. The number of carboxylic acid groups (broad SMARTS) is 1. The number of amides is 2.